The zero-order chi connectivity index (χ0) is 13.8. The van der Waals surface area contributed by atoms with Crippen molar-refractivity contribution in [2.75, 3.05) is 18.4 Å². The highest BCUT2D eigenvalue weighted by Gasteiger charge is 2.25. The number of nitrogens with two attached hydrogens (primary N) is 1. The van der Waals surface area contributed by atoms with Gasteiger partial charge in [-0.05, 0) is 31.4 Å². The number of benzene rings is 1. The van der Waals surface area contributed by atoms with Gasteiger partial charge in [0, 0.05) is 24.7 Å². The lowest BCUT2D eigenvalue weighted by Crippen LogP contribution is -2.43. The van der Waals surface area contributed by atoms with Crippen LogP contribution in [0.5, 0.6) is 0 Å². The van der Waals surface area contributed by atoms with Gasteiger partial charge in [0.05, 0.1) is 0 Å². The predicted octanol–water partition coefficient (Wildman–Crippen LogP) is 1.72. The first-order valence-electron chi connectivity index (χ1n) is 6.49. The van der Waals surface area contributed by atoms with Crippen molar-refractivity contribution in [1.82, 2.24) is 4.90 Å². The van der Waals surface area contributed by atoms with Gasteiger partial charge in [-0.15, -0.1) is 0 Å². The molecule has 1 aliphatic heterocycles. The van der Waals surface area contributed by atoms with Crippen molar-refractivity contribution in [3.63, 3.8) is 0 Å². The van der Waals surface area contributed by atoms with Crippen LogP contribution in [-0.2, 0) is 4.79 Å². The number of anilines is 1. The van der Waals surface area contributed by atoms with E-state index in [0.717, 1.165) is 11.3 Å². The molecular weight excluding hydrogens is 242 g/mol. The fraction of sp³-hybridized carbons (Fsp3) is 0.429. The molecule has 1 heterocycles. The minimum Gasteiger partial charge on any atom is -0.369 e. The van der Waals surface area contributed by atoms with Crippen LogP contribution in [0, 0.1) is 12.8 Å². The average molecular weight is 261 g/mol. The van der Waals surface area contributed by atoms with E-state index in [1.807, 2.05) is 31.2 Å². The number of likely N-dealkylation sites (tertiary alicyclic amines) is 1. The van der Waals surface area contributed by atoms with Crippen molar-refractivity contribution in [1.29, 1.82) is 0 Å². The molecule has 19 heavy (non-hydrogen) atoms. The van der Waals surface area contributed by atoms with Gasteiger partial charge in [-0.2, -0.15) is 0 Å². The van der Waals surface area contributed by atoms with Crippen molar-refractivity contribution < 1.29 is 9.59 Å². The van der Waals surface area contributed by atoms with Crippen molar-refractivity contribution in [2.45, 2.75) is 19.8 Å². The Morgan fingerprint density at radius 1 is 1.26 bits per heavy atom. The number of para-hydroxylation sites is 1. The molecule has 102 valence electrons. The van der Waals surface area contributed by atoms with Crippen LogP contribution < -0.4 is 11.1 Å². The monoisotopic (exact) mass is 261 g/mol. The highest BCUT2D eigenvalue weighted by molar-refractivity contribution is 5.90. The first-order valence-corrected chi connectivity index (χ1v) is 6.49. The summed E-state index contributed by atoms with van der Waals surface area (Å²) in [6.07, 6.45) is 1.30. The number of urea groups is 1. The van der Waals surface area contributed by atoms with Gasteiger partial charge in [0.25, 0.3) is 0 Å². The molecule has 1 aromatic rings. The van der Waals surface area contributed by atoms with Gasteiger partial charge < -0.3 is 16.0 Å². The number of primary amides is 1. The third-order valence-corrected chi connectivity index (χ3v) is 3.57. The normalized spacial score (nSPS) is 16.2. The second kappa shape index (κ2) is 5.73. The lowest BCUT2D eigenvalue weighted by atomic mass is 9.96. The molecule has 0 radical (unpaired) electrons. The van der Waals surface area contributed by atoms with Crippen LogP contribution in [0.2, 0.25) is 0 Å². The molecule has 1 saturated heterocycles. The van der Waals surface area contributed by atoms with E-state index in [1.165, 1.54) is 0 Å². The molecule has 0 spiro atoms. The summed E-state index contributed by atoms with van der Waals surface area (Å²) in [5.41, 5.74) is 7.13. The number of hydrogen-bond acceptors (Lipinski definition) is 2. The predicted molar refractivity (Wildman–Crippen MR) is 73.7 cm³/mol. The van der Waals surface area contributed by atoms with Crippen LogP contribution in [0.3, 0.4) is 0 Å². The molecule has 1 aliphatic rings. The quantitative estimate of drug-likeness (QED) is 0.850. The molecule has 0 saturated carbocycles. The molecule has 0 aromatic heterocycles. The van der Waals surface area contributed by atoms with Crippen molar-refractivity contribution in [2.24, 2.45) is 11.7 Å². The first-order chi connectivity index (χ1) is 9.08. The largest absolute Gasteiger partial charge is 0.369 e. The second-order valence-corrected chi connectivity index (χ2v) is 4.91. The summed E-state index contributed by atoms with van der Waals surface area (Å²) in [4.78, 5) is 24.9. The number of aryl methyl sites for hydroxylation is 1. The molecule has 0 atom stereocenters. The van der Waals surface area contributed by atoms with E-state index in [4.69, 9.17) is 5.73 Å². The summed E-state index contributed by atoms with van der Waals surface area (Å²) in [5.74, 6) is -0.360. The molecule has 3 N–H and O–H groups in total. The van der Waals surface area contributed by atoms with Gasteiger partial charge in [-0.25, -0.2) is 4.79 Å². The summed E-state index contributed by atoms with van der Waals surface area (Å²) in [6, 6.07) is 7.54. The Morgan fingerprint density at radius 3 is 2.47 bits per heavy atom. The van der Waals surface area contributed by atoms with Crippen LogP contribution in [-0.4, -0.2) is 29.9 Å². The molecule has 3 amide bonds. The van der Waals surface area contributed by atoms with Crippen molar-refractivity contribution in [3.8, 4) is 0 Å². The molecule has 0 bridgehead atoms. The highest BCUT2D eigenvalue weighted by atomic mass is 16.2. The Balaban J connectivity index is 1.92. The minimum absolute atomic E-state index is 0.0949. The Labute approximate surface area is 112 Å². The minimum atomic E-state index is -0.265. The molecule has 0 aliphatic carbocycles. The van der Waals surface area contributed by atoms with E-state index in [1.54, 1.807) is 4.90 Å². The number of carbonyl (C=O) groups is 2. The SMILES string of the molecule is Cc1ccccc1NC(=O)N1CCC(C(N)=O)CC1. The van der Waals surface area contributed by atoms with Gasteiger partial charge in [0.2, 0.25) is 5.91 Å². The van der Waals surface area contributed by atoms with Gasteiger partial charge in [-0.1, -0.05) is 18.2 Å². The topological polar surface area (TPSA) is 75.4 Å². The summed E-state index contributed by atoms with van der Waals surface area (Å²) < 4.78 is 0. The van der Waals surface area contributed by atoms with Crippen LogP contribution in [0.15, 0.2) is 24.3 Å². The zero-order valence-electron chi connectivity index (χ0n) is 11.1. The molecule has 5 nitrogen and oxygen atoms in total. The number of hydrogen-bond donors (Lipinski definition) is 2. The van der Waals surface area contributed by atoms with Crippen LogP contribution in [0.4, 0.5) is 10.5 Å². The molecule has 1 fully saturated rings. The van der Waals surface area contributed by atoms with E-state index < -0.39 is 0 Å². The third kappa shape index (κ3) is 3.24. The summed E-state index contributed by atoms with van der Waals surface area (Å²) in [7, 11) is 0. The zero-order valence-corrected chi connectivity index (χ0v) is 11.1. The fourth-order valence-electron chi connectivity index (χ4n) is 2.27. The van der Waals surface area contributed by atoms with Crippen molar-refractivity contribution >= 4 is 17.6 Å². The summed E-state index contributed by atoms with van der Waals surface area (Å²) in [5, 5.41) is 2.89. The lowest BCUT2D eigenvalue weighted by molar-refractivity contribution is -0.122. The molecular formula is C14H19N3O2. The molecule has 2 rings (SSSR count). The fourth-order valence-corrected chi connectivity index (χ4v) is 2.27. The van der Waals surface area contributed by atoms with E-state index in [2.05, 4.69) is 5.32 Å². The highest BCUT2D eigenvalue weighted by Crippen LogP contribution is 2.19. The maximum Gasteiger partial charge on any atom is 0.321 e. The van der Waals surface area contributed by atoms with Gasteiger partial charge in [0.15, 0.2) is 0 Å². The Bertz CT molecular complexity index is 479. The molecule has 1 aromatic carbocycles. The second-order valence-electron chi connectivity index (χ2n) is 4.91. The van der Waals surface area contributed by atoms with Crippen LogP contribution >= 0.6 is 0 Å². The van der Waals surface area contributed by atoms with E-state index >= 15 is 0 Å². The number of rotatable bonds is 2. The Morgan fingerprint density at radius 2 is 1.89 bits per heavy atom. The first kappa shape index (κ1) is 13.4. The standard InChI is InChI=1S/C14H19N3O2/c1-10-4-2-3-5-12(10)16-14(19)17-8-6-11(7-9-17)13(15)18/h2-5,11H,6-9H2,1H3,(H2,15,18)(H,16,19). The lowest BCUT2D eigenvalue weighted by Gasteiger charge is -2.30. The number of amides is 3. The van der Waals surface area contributed by atoms with E-state index in [0.29, 0.717) is 25.9 Å². The summed E-state index contributed by atoms with van der Waals surface area (Å²) >= 11 is 0. The van der Waals surface area contributed by atoms with E-state index in [-0.39, 0.29) is 17.9 Å². The molecule has 0 unspecified atom stereocenters. The van der Waals surface area contributed by atoms with Crippen LogP contribution in [0.25, 0.3) is 0 Å². The Kier molecular flexibility index (Phi) is 4.04. The van der Waals surface area contributed by atoms with Gasteiger partial charge >= 0.3 is 6.03 Å². The number of nitrogens with zero attached hydrogens (tertiary/aromatic N) is 1. The number of nitrogens with one attached hydrogen (secondary N) is 1. The van der Waals surface area contributed by atoms with E-state index in [9.17, 15) is 9.59 Å². The average Bonchev–Trinajstić information content (AvgIpc) is 2.41. The van der Waals surface area contributed by atoms with Gasteiger partial charge in [0.1, 0.15) is 0 Å². The Hall–Kier alpha value is -2.04. The smallest absolute Gasteiger partial charge is 0.321 e. The number of piperidine rings is 1. The van der Waals surface area contributed by atoms with Crippen LogP contribution in [0.1, 0.15) is 18.4 Å². The van der Waals surface area contributed by atoms with Crippen molar-refractivity contribution in [3.05, 3.63) is 29.8 Å². The van der Waals surface area contributed by atoms with Gasteiger partial charge in [-0.3, -0.25) is 4.79 Å². The third-order valence-electron chi connectivity index (χ3n) is 3.57. The maximum atomic E-state index is 12.1. The maximum absolute atomic E-state index is 12.1. The summed E-state index contributed by atoms with van der Waals surface area (Å²) in [6.45, 7) is 3.10. The number of carbonyl (C=O) groups excluding carboxylic acids is 2. The molecule has 5 heteroatoms.